The Hall–Kier alpha value is -0.440. The average Bonchev–Trinajstić information content (AvgIpc) is 2.41. The minimum Gasteiger partial charge on any atom is -0.454 e. The molecule has 1 aliphatic heterocycles. The monoisotopic (exact) mass is 200 g/mol. The molecule has 1 rings (SSSR count). The molecule has 0 saturated heterocycles. The number of ether oxygens (including phenoxy) is 1. The van der Waals surface area contributed by atoms with Crippen LogP contribution in [0.25, 0.3) is 0 Å². The Labute approximate surface area is 83.7 Å². The van der Waals surface area contributed by atoms with Crippen molar-refractivity contribution < 1.29 is 9.53 Å². The lowest BCUT2D eigenvalue weighted by atomic mass is 10.1. The van der Waals surface area contributed by atoms with E-state index in [-0.39, 0.29) is 12.1 Å². The highest BCUT2D eigenvalue weighted by atomic mass is 32.2. The van der Waals surface area contributed by atoms with Gasteiger partial charge in [0, 0.05) is 4.91 Å². The molecule has 0 aromatic carbocycles. The molecule has 0 spiro atoms. The standard InChI is InChI=1S/C10H16O2S/c1-4-6-8-9(13-3)7(5-2)10(11)12-8/h8H,4-6H2,1-3H3. The SMILES string of the molecule is CCCC1OC(=O)C(CC)=C1SC. The van der Waals surface area contributed by atoms with Crippen molar-refractivity contribution in [3.05, 3.63) is 10.5 Å². The third-order valence-corrected chi connectivity index (χ3v) is 3.16. The summed E-state index contributed by atoms with van der Waals surface area (Å²) in [5, 5.41) is 0. The van der Waals surface area contributed by atoms with Crippen LogP contribution in [0.3, 0.4) is 0 Å². The van der Waals surface area contributed by atoms with Crippen LogP contribution in [0, 0.1) is 0 Å². The number of esters is 1. The van der Waals surface area contributed by atoms with E-state index in [1.807, 2.05) is 13.2 Å². The van der Waals surface area contributed by atoms with E-state index in [0.29, 0.717) is 0 Å². The molecule has 2 nitrogen and oxygen atoms in total. The molecule has 0 bridgehead atoms. The van der Waals surface area contributed by atoms with Gasteiger partial charge in [0.05, 0.1) is 5.57 Å². The van der Waals surface area contributed by atoms with Crippen LogP contribution in [0.15, 0.2) is 10.5 Å². The topological polar surface area (TPSA) is 26.3 Å². The second-order valence-electron chi connectivity index (χ2n) is 3.08. The third kappa shape index (κ3) is 2.08. The summed E-state index contributed by atoms with van der Waals surface area (Å²) >= 11 is 1.65. The van der Waals surface area contributed by atoms with Crippen molar-refractivity contribution >= 4 is 17.7 Å². The number of rotatable bonds is 4. The number of hydrogen-bond acceptors (Lipinski definition) is 3. The summed E-state index contributed by atoms with van der Waals surface area (Å²) in [7, 11) is 0. The fraction of sp³-hybridized carbons (Fsp3) is 0.700. The van der Waals surface area contributed by atoms with Crippen molar-refractivity contribution in [2.24, 2.45) is 0 Å². The highest BCUT2D eigenvalue weighted by Gasteiger charge is 2.31. The first kappa shape index (κ1) is 10.6. The molecule has 0 radical (unpaired) electrons. The van der Waals surface area contributed by atoms with Crippen molar-refractivity contribution in [1.29, 1.82) is 0 Å². The Balaban J connectivity index is 2.82. The molecule has 0 fully saturated rings. The van der Waals surface area contributed by atoms with Crippen LogP contribution < -0.4 is 0 Å². The van der Waals surface area contributed by atoms with Crippen LogP contribution in [-0.4, -0.2) is 18.3 Å². The van der Waals surface area contributed by atoms with Gasteiger partial charge in [0.25, 0.3) is 0 Å². The number of cyclic esters (lactones) is 1. The first-order chi connectivity index (χ1) is 6.24. The first-order valence-electron chi connectivity index (χ1n) is 4.72. The van der Waals surface area contributed by atoms with E-state index in [2.05, 4.69) is 6.92 Å². The Morgan fingerprint density at radius 3 is 2.62 bits per heavy atom. The molecular weight excluding hydrogens is 184 g/mol. The molecule has 0 N–H and O–H groups in total. The lowest BCUT2D eigenvalue weighted by Crippen LogP contribution is -2.09. The van der Waals surface area contributed by atoms with Gasteiger partial charge in [0.1, 0.15) is 6.10 Å². The van der Waals surface area contributed by atoms with Gasteiger partial charge in [0.2, 0.25) is 0 Å². The van der Waals surface area contributed by atoms with E-state index in [0.717, 1.165) is 29.7 Å². The number of carbonyl (C=O) groups excluding carboxylic acids is 1. The van der Waals surface area contributed by atoms with Gasteiger partial charge in [-0.05, 0) is 19.1 Å². The van der Waals surface area contributed by atoms with Gasteiger partial charge in [-0.3, -0.25) is 0 Å². The summed E-state index contributed by atoms with van der Waals surface area (Å²) in [6.07, 6.45) is 4.84. The Morgan fingerprint density at radius 2 is 2.15 bits per heavy atom. The van der Waals surface area contributed by atoms with Crippen LogP contribution in [0.2, 0.25) is 0 Å². The van der Waals surface area contributed by atoms with Gasteiger partial charge >= 0.3 is 5.97 Å². The minimum absolute atomic E-state index is 0.0439. The number of thioether (sulfide) groups is 1. The summed E-state index contributed by atoms with van der Waals surface area (Å²) in [6, 6.07) is 0. The predicted molar refractivity (Wildman–Crippen MR) is 55.6 cm³/mol. The zero-order chi connectivity index (χ0) is 9.84. The molecule has 0 aromatic rings. The predicted octanol–water partition coefficient (Wildman–Crippen LogP) is 2.74. The fourth-order valence-corrected chi connectivity index (χ4v) is 2.48. The van der Waals surface area contributed by atoms with Crippen molar-refractivity contribution in [3.63, 3.8) is 0 Å². The van der Waals surface area contributed by atoms with Crippen molar-refractivity contribution in [2.75, 3.05) is 6.26 Å². The molecule has 1 aliphatic rings. The molecular formula is C10H16O2S. The van der Waals surface area contributed by atoms with Crippen LogP contribution >= 0.6 is 11.8 Å². The quantitative estimate of drug-likeness (QED) is 0.653. The molecule has 1 atom stereocenters. The van der Waals surface area contributed by atoms with E-state index < -0.39 is 0 Å². The summed E-state index contributed by atoms with van der Waals surface area (Å²) in [5.41, 5.74) is 0.881. The lowest BCUT2D eigenvalue weighted by molar-refractivity contribution is -0.139. The smallest absolute Gasteiger partial charge is 0.335 e. The molecule has 3 heteroatoms. The number of carbonyl (C=O) groups is 1. The first-order valence-corrected chi connectivity index (χ1v) is 5.95. The van der Waals surface area contributed by atoms with E-state index >= 15 is 0 Å². The highest BCUT2D eigenvalue weighted by molar-refractivity contribution is 8.02. The van der Waals surface area contributed by atoms with E-state index in [1.165, 1.54) is 0 Å². The van der Waals surface area contributed by atoms with Gasteiger partial charge in [-0.25, -0.2) is 4.79 Å². The zero-order valence-corrected chi connectivity index (χ0v) is 9.24. The van der Waals surface area contributed by atoms with Gasteiger partial charge in [-0.15, -0.1) is 11.8 Å². The number of hydrogen-bond donors (Lipinski definition) is 0. The van der Waals surface area contributed by atoms with E-state index in [1.54, 1.807) is 11.8 Å². The lowest BCUT2D eigenvalue weighted by Gasteiger charge is -2.10. The van der Waals surface area contributed by atoms with Crippen LogP contribution in [0.4, 0.5) is 0 Å². The van der Waals surface area contributed by atoms with Crippen molar-refractivity contribution in [3.8, 4) is 0 Å². The molecule has 0 aromatic heterocycles. The maximum absolute atomic E-state index is 11.4. The summed E-state index contributed by atoms with van der Waals surface area (Å²) in [4.78, 5) is 12.5. The van der Waals surface area contributed by atoms with Crippen LogP contribution in [0.5, 0.6) is 0 Å². The molecule has 13 heavy (non-hydrogen) atoms. The van der Waals surface area contributed by atoms with Crippen LogP contribution in [0.1, 0.15) is 33.1 Å². The molecule has 0 aliphatic carbocycles. The summed E-state index contributed by atoms with van der Waals surface area (Å²) in [5.74, 6) is -0.106. The normalized spacial score (nSPS) is 22.4. The molecule has 74 valence electrons. The van der Waals surface area contributed by atoms with Crippen molar-refractivity contribution in [2.45, 2.75) is 39.2 Å². The average molecular weight is 200 g/mol. The second kappa shape index (κ2) is 4.70. The Morgan fingerprint density at radius 1 is 1.46 bits per heavy atom. The summed E-state index contributed by atoms with van der Waals surface area (Å²) < 4.78 is 5.27. The summed E-state index contributed by atoms with van der Waals surface area (Å²) in [6.45, 7) is 4.11. The maximum atomic E-state index is 11.4. The van der Waals surface area contributed by atoms with Gasteiger partial charge in [-0.1, -0.05) is 20.3 Å². The zero-order valence-electron chi connectivity index (χ0n) is 8.42. The maximum Gasteiger partial charge on any atom is 0.335 e. The molecule has 1 unspecified atom stereocenters. The second-order valence-corrected chi connectivity index (χ2v) is 3.93. The third-order valence-electron chi connectivity index (χ3n) is 2.21. The molecule has 0 saturated carbocycles. The van der Waals surface area contributed by atoms with E-state index in [9.17, 15) is 4.79 Å². The van der Waals surface area contributed by atoms with Gasteiger partial charge in [-0.2, -0.15) is 0 Å². The van der Waals surface area contributed by atoms with E-state index in [4.69, 9.17) is 4.74 Å². The Bertz CT molecular complexity index is 233. The highest BCUT2D eigenvalue weighted by Crippen LogP contribution is 2.34. The van der Waals surface area contributed by atoms with Gasteiger partial charge in [0.15, 0.2) is 0 Å². The van der Waals surface area contributed by atoms with Crippen molar-refractivity contribution in [1.82, 2.24) is 0 Å². The fourth-order valence-electron chi connectivity index (χ4n) is 1.57. The largest absolute Gasteiger partial charge is 0.454 e. The Kier molecular flexibility index (Phi) is 3.85. The van der Waals surface area contributed by atoms with Crippen LogP contribution in [-0.2, 0) is 9.53 Å². The van der Waals surface area contributed by atoms with Gasteiger partial charge < -0.3 is 4.74 Å². The molecule has 0 amide bonds. The molecule has 1 heterocycles. The minimum atomic E-state index is -0.106.